The number of amides is 1. The van der Waals surface area contributed by atoms with Crippen molar-refractivity contribution in [1.82, 2.24) is 20.0 Å². The van der Waals surface area contributed by atoms with Gasteiger partial charge in [0.1, 0.15) is 5.56 Å². The molecule has 8 nitrogen and oxygen atoms in total. The standard InChI is InChI=1S/C25H20ClF3N6O2S2/c1-12-17(19-20(39-23(30)32-19)13-6-8-15(26)9-7-13)11-18(21(36)33-34(2)24(31)38)22(37)35(12)16-5-3-4-14(10-16)25(27,28)29/h3-11H,1-2H3,(H2,30,32)(H2,31,38)(H,33,36). The van der Waals surface area contributed by atoms with E-state index in [-0.39, 0.29) is 27.2 Å². The van der Waals surface area contributed by atoms with E-state index in [0.29, 0.717) is 26.7 Å². The van der Waals surface area contributed by atoms with Gasteiger partial charge in [0.2, 0.25) is 0 Å². The van der Waals surface area contributed by atoms with E-state index in [0.717, 1.165) is 33.0 Å². The van der Waals surface area contributed by atoms with Crippen molar-refractivity contribution in [1.29, 1.82) is 0 Å². The van der Waals surface area contributed by atoms with Crippen LogP contribution < -0.4 is 22.5 Å². The van der Waals surface area contributed by atoms with Gasteiger partial charge in [0.05, 0.1) is 16.1 Å². The van der Waals surface area contributed by atoms with Gasteiger partial charge in [0, 0.05) is 29.0 Å². The van der Waals surface area contributed by atoms with Crippen LogP contribution in [0.4, 0.5) is 18.3 Å². The summed E-state index contributed by atoms with van der Waals surface area (Å²) in [5, 5.41) is 1.56. The van der Waals surface area contributed by atoms with Gasteiger partial charge >= 0.3 is 6.18 Å². The van der Waals surface area contributed by atoms with Crippen molar-refractivity contribution in [2.24, 2.45) is 5.73 Å². The van der Waals surface area contributed by atoms with E-state index in [9.17, 15) is 22.8 Å². The number of alkyl halides is 3. The molecule has 4 aromatic rings. The molecule has 0 aliphatic heterocycles. The monoisotopic (exact) mass is 592 g/mol. The number of nitrogens with one attached hydrogen (secondary N) is 1. The maximum atomic E-state index is 13.6. The number of hydrogen-bond donors (Lipinski definition) is 3. The van der Waals surface area contributed by atoms with E-state index in [1.54, 1.807) is 31.2 Å². The Labute approximate surface area is 234 Å². The van der Waals surface area contributed by atoms with Crippen LogP contribution in [-0.2, 0) is 6.18 Å². The summed E-state index contributed by atoms with van der Waals surface area (Å²) < 4.78 is 41.6. The van der Waals surface area contributed by atoms with Crippen LogP contribution in [0.15, 0.2) is 59.4 Å². The lowest BCUT2D eigenvalue weighted by Gasteiger charge is -2.20. The summed E-state index contributed by atoms with van der Waals surface area (Å²) in [5.41, 5.74) is 13.2. The van der Waals surface area contributed by atoms with Crippen molar-refractivity contribution < 1.29 is 18.0 Å². The van der Waals surface area contributed by atoms with Gasteiger partial charge < -0.3 is 11.5 Å². The number of benzene rings is 2. The normalized spacial score (nSPS) is 11.3. The van der Waals surface area contributed by atoms with E-state index in [4.69, 9.17) is 35.3 Å². The molecule has 0 fully saturated rings. The first-order valence-corrected chi connectivity index (χ1v) is 12.7. The molecule has 5 N–H and O–H groups in total. The Balaban J connectivity index is 2.02. The Morgan fingerprint density at radius 2 is 1.85 bits per heavy atom. The van der Waals surface area contributed by atoms with Crippen molar-refractivity contribution >= 4 is 51.3 Å². The number of nitrogens with zero attached hydrogens (tertiary/aromatic N) is 3. The molecule has 0 aliphatic carbocycles. The first-order chi connectivity index (χ1) is 18.3. The van der Waals surface area contributed by atoms with Crippen LogP contribution in [0.25, 0.3) is 27.4 Å². The third-order valence-corrected chi connectivity index (χ3v) is 7.19. The maximum absolute atomic E-state index is 13.6. The summed E-state index contributed by atoms with van der Waals surface area (Å²) >= 11 is 12.0. The van der Waals surface area contributed by atoms with E-state index in [1.165, 1.54) is 25.2 Å². The highest BCUT2D eigenvalue weighted by atomic mass is 35.5. The highest BCUT2D eigenvalue weighted by molar-refractivity contribution is 7.80. The number of nitrogens with two attached hydrogens (primary N) is 2. The number of carbonyl (C=O) groups excluding carboxylic acids is 1. The number of aromatic nitrogens is 2. The summed E-state index contributed by atoms with van der Waals surface area (Å²) in [5.74, 6) is -0.881. The van der Waals surface area contributed by atoms with E-state index in [2.05, 4.69) is 10.4 Å². The lowest BCUT2D eigenvalue weighted by Crippen LogP contribution is -2.47. The van der Waals surface area contributed by atoms with Crippen molar-refractivity contribution in [3.63, 3.8) is 0 Å². The van der Waals surface area contributed by atoms with Crippen LogP contribution >= 0.6 is 35.2 Å². The molecule has 0 radical (unpaired) electrons. The average molecular weight is 593 g/mol. The van der Waals surface area contributed by atoms with E-state index < -0.39 is 23.2 Å². The fraction of sp³-hybridized carbons (Fsp3) is 0.120. The zero-order chi connectivity index (χ0) is 28.6. The molecule has 14 heteroatoms. The largest absolute Gasteiger partial charge is 0.416 e. The number of halogens is 4. The zero-order valence-corrected chi connectivity index (χ0v) is 22.7. The second-order valence-electron chi connectivity index (χ2n) is 8.32. The van der Waals surface area contributed by atoms with Gasteiger partial charge in [0.25, 0.3) is 11.5 Å². The number of hydrazine groups is 1. The number of nitrogen functional groups attached to an aromatic ring is 1. The molecule has 2 aromatic carbocycles. The smallest absolute Gasteiger partial charge is 0.375 e. The molecular formula is C25H20ClF3N6O2S2. The van der Waals surface area contributed by atoms with Crippen LogP contribution in [-0.4, -0.2) is 32.6 Å². The maximum Gasteiger partial charge on any atom is 0.416 e. The van der Waals surface area contributed by atoms with E-state index in [1.807, 2.05) is 0 Å². The number of carbonyl (C=O) groups is 1. The second kappa shape index (κ2) is 10.7. The van der Waals surface area contributed by atoms with Gasteiger partial charge in [-0.15, -0.1) is 0 Å². The molecule has 0 spiro atoms. The highest BCUT2D eigenvalue weighted by Gasteiger charge is 2.31. The van der Waals surface area contributed by atoms with Crippen LogP contribution in [0.1, 0.15) is 21.6 Å². The Bertz CT molecular complexity index is 1650. The highest BCUT2D eigenvalue weighted by Crippen LogP contribution is 2.40. The van der Waals surface area contributed by atoms with Crippen LogP contribution in [0.3, 0.4) is 0 Å². The molecule has 0 unspecified atom stereocenters. The van der Waals surface area contributed by atoms with Gasteiger partial charge in [-0.3, -0.25) is 24.6 Å². The number of thiocarbonyl (C=S) groups is 1. The van der Waals surface area contributed by atoms with Crippen molar-refractivity contribution in [2.75, 3.05) is 12.8 Å². The summed E-state index contributed by atoms with van der Waals surface area (Å²) in [6.07, 6.45) is -4.66. The van der Waals surface area contributed by atoms with Crippen molar-refractivity contribution in [3.8, 4) is 27.4 Å². The molecule has 0 atom stereocenters. The molecule has 0 saturated heterocycles. The Hall–Kier alpha value is -3.94. The van der Waals surface area contributed by atoms with Gasteiger partial charge in [-0.2, -0.15) is 13.2 Å². The third kappa shape index (κ3) is 5.75. The molecule has 202 valence electrons. The van der Waals surface area contributed by atoms with Gasteiger partial charge in [-0.1, -0.05) is 41.1 Å². The third-order valence-electron chi connectivity index (χ3n) is 5.73. The Kier molecular flexibility index (Phi) is 7.68. The predicted molar refractivity (Wildman–Crippen MR) is 150 cm³/mol. The van der Waals surface area contributed by atoms with Crippen LogP contribution in [0.5, 0.6) is 0 Å². The molecule has 4 rings (SSSR count). The SMILES string of the molecule is Cc1c(-c2nc(N)sc2-c2ccc(Cl)cc2)cc(C(=O)NN(C)C(N)=S)c(=O)n1-c1cccc(C(F)(F)F)c1. The zero-order valence-electron chi connectivity index (χ0n) is 20.3. The lowest BCUT2D eigenvalue weighted by molar-refractivity contribution is -0.137. The summed E-state index contributed by atoms with van der Waals surface area (Å²) in [4.78, 5) is 31.8. The number of rotatable bonds is 4. The van der Waals surface area contributed by atoms with Gasteiger partial charge in [-0.25, -0.2) is 4.98 Å². The minimum absolute atomic E-state index is 0.0952. The predicted octanol–water partition coefficient (Wildman–Crippen LogP) is 5.01. The molecular weight excluding hydrogens is 573 g/mol. The summed E-state index contributed by atoms with van der Waals surface area (Å²) in [6.45, 7) is 1.54. The fourth-order valence-corrected chi connectivity index (χ4v) is 4.85. The molecule has 0 bridgehead atoms. The lowest BCUT2D eigenvalue weighted by atomic mass is 10.0. The van der Waals surface area contributed by atoms with Crippen molar-refractivity contribution in [3.05, 3.63) is 86.8 Å². The van der Waals surface area contributed by atoms with E-state index >= 15 is 0 Å². The second-order valence-corrected chi connectivity index (χ2v) is 10.2. The first-order valence-electron chi connectivity index (χ1n) is 11.1. The number of pyridine rings is 1. The molecule has 2 aromatic heterocycles. The van der Waals surface area contributed by atoms with Gasteiger partial charge in [0.15, 0.2) is 10.2 Å². The van der Waals surface area contributed by atoms with Crippen LogP contribution in [0, 0.1) is 6.92 Å². The molecule has 1 amide bonds. The Morgan fingerprint density at radius 1 is 1.18 bits per heavy atom. The molecule has 0 aliphatic rings. The molecule has 0 saturated carbocycles. The minimum atomic E-state index is -4.66. The number of thiazole rings is 1. The molecule has 2 heterocycles. The van der Waals surface area contributed by atoms with Crippen LogP contribution in [0.2, 0.25) is 5.02 Å². The quantitative estimate of drug-likeness (QED) is 0.225. The topological polar surface area (TPSA) is 119 Å². The number of hydrogen-bond acceptors (Lipinski definition) is 6. The fourth-order valence-electron chi connectivity index (χ4n) is 3.82. The molecule has 39 heavy (non-hydrogen) atoms. The Morgan fingerprint density at radius 3 is 2.46 bits per heavy atom. The first kappa shape index (κ1) is 28.1. The summed E-state index contributed by atoms with van der Waals surface area (Å²) in [7, 11) is 1.38. The van der Waals surface area contributed by atoms with Crippen molar-refractivity contribution in [2.45, 2.75) is 13.1 Å². The van der Waals surface area contributed by atoms with Gasteiger partial charge in [-0.05, 0) is 61.1 Å². The average Bonchev–Trinajstić information content (AvgIpc) is 3.25. The number of anilines is 1. The summed E-state index contributed by atoms with van der Waals surface area (Å²) in [6, 6.07) is 12.4. The minimum Gasteiger partial charge on any atom is -0.375 e.